The van der Waals surface area contributed by atoms with Crippen LogP contribution in [0.3, 0.4) is 0 Å². The average molecular weight is 625 g/mol. The number of ether oxygens (including phenoxy) is 2. The number of carbonyl (C=O) groups excluding carboxylic acids is 1. The van der Waals surface area contributed by atoms with Gasteiger partial charge >= 0.3 is 11.9 Å². The summed E-state index contributed by atoms with van der Waals surface area (Å²) in [5, 5.41) is 9.22. The number of rotatable bonds is 11. The Kier molecular flexibility index (Phi) is 9.78. The van der Waals surface area contributed by atoms with E-state index in [1.807, 2.05) is 55.5 Å². The molecule has 5 rings (SSSR count). The quantitative estimate of drug-likeness (QED) is 0.206. The van der Waals surface area contributed by atoms with Crippen molar-refractivity contribution < 1.29 is 24.2 Å². The van der Waals surface area contributed by atoms with Crippen molar-refractivity contribution in [2.75, 3.05) is 6.61 Å². The average Bonchev–Trinajstić information content (AvgIpc) is 3.34. The second kappa shape index (κ2) is 13.9. The highest BCUT2D eigenvalue weighted by atomic mass is 32.1. The van der Waals surface area contributed by atoms with E-state index in [9.17, 15) is 19.5 Å². The Labute approximate surface area is 265 Å². The Morgan fingerprint density at radius 2 is 1.78 bits per heavy atom. The minimum Gasteiger partial charge on any atom is -0.489 e. The number of benzene rings is 3. The summed E-state index contributed by atoms with van der Waals surface area (Å²) in [6, 6.07) is 21.4. The van der Waals surface area contributed by atoms with Crippen LogP contribution < -0.4 is 19.6 Å². The summed E-state index contributed by atoms with van der Waals surface area (Å²) in [6.45, 7) is 8.50. The van der Waals surface area contributed by atoms with Crippen LogP contribution in [-0.4, -0.2) is 28.2 Å². The molecule has 4 aromatic rings. The number of carboxylic acid groups (broad SMARTS) is 1. The van der Waals surface area contributed by atoms with Crippen molar-refractivity contribution >= 4 is 29.4 Å². The maximum Gasteiger partial charge on any atom is 0.338 e. The van der Waals surface area contributed by atoms with E-state index in [0.717, 1.165) is 23.1 Å². The van der Waals surface area contributed by atoms with Crippen LogP contribution >= 0.6 is 11.3 Å². The molecule has 0 fully saturated rings. The summed E-state index contributed by atoms with van der Waals surface area (Å²) >= 11 is 1.30. The molecule has 0 spiro atoms. The number of fused-ring (bicyclic) bond motifs is 1. The molecule has 0 amide bonds. The first-order valence-electron chi connectivity index (χ1n) is 15.1. The smallest absolute Gasteiger partial charge is 0.338 e. The summed E-state index contributed by atoms with van der Waals surface area (Å²) < 4.78 is 13.5. The fourth-order valence-electron chi connectivity index (χ4n) is 5.27. The van der Waals surface area contributed by atoms with E-state index >= 15 is 0 Å². The van der Waals surface area contributed by atoms with Crippen molar-refractivity contribution in [3.05, 3.63) is 132 Å². The van der Waals surface area contributed by atoms with E-state index in [0.29, 0.717) is 38.7 Å². The zero-order valence-corrected chi connectivity index (χ0v) is 26.6. The van der Waals surface area contributed by atoms with E-state index in [4.69, 9.17) is 14.5 Å². The van der Waals surface area contributed by atoms with Crippen LogP contribution in [0.5, 0.6) is 5.75 Å². The molecule has 8 nitrogen and oxygen atoms in total. The van der Waals surface area contributed by atoms with Gasteiger partial charge in [0.1, 0.15) is 12.4 Å². The summed E-state index contributed by atoms with van der Waals surface area (Å²) in [7, 11) is 0. The van der Waals surface area contributed by atoms with Crippen LogP contribution in [0.4, 0.5) is 0 Å². The summed E-state index contributed by atoms with van der Waals surface area (Å²) in [5.41, 5.74) is 4.58. The van der Waals surface area contributed by atoms with Gasteiger partial charge in [0, 0.05) is 0 Å². The Morgan fingerprint density at radius 3 is 2.42 bits per heavy atom. The van der Waals surface area contributed by atoms with E-state index < -0.39 is 18.0 Å². The van der Waals surface area contributed by atoms with Gasteiger partial charge < -0.3 is 14.6 Å². The van der Waals surface area contributed by atoms with E-state index in [1.165, 1.54) is 23.0 Å². The third kappa shape index (κ3) is 6.99. The monoisotopic (exact) mass is 624 g/mol. The van der Waals surface area contributed by atoms with Crippen LogP contribution in [0.2, 0.25) is 0 Å². The Bertz CT molecular complexity index is 1920. The van der Waals surface area contributed by atoms with Crippen molar-refractivity contribution in [1.82, 2.24) is 4.57 Å². The summed E-state index contributed by atoms with van der Waals surface area (Å²) in [4.78, 5) is 44.0. The van der Waals surface area contributed by atoms with E-state index in [-0.39, 0.29) is 24.3 Å². The molecule has 3 aromatic carbocycles. The molecule has 1 aliphatic rings. The molecule has 0 saturated carbocycles. The van der Waals surface area contributed by atoms with Gasteiger partial charge in [-0.25, -0.2) is 14.6 Å². The van der Waals surface area contributed by atoms with Gasteiger partial charge in [-0.15, -0.1) is 0 Å². The maximum atomic E-state index is 14.0. The molecule has 0 bridgehead atoms. The van der Waals surface area contributed by atoms with Crippen molar-refractivity contribution in [3.8, 4) is 5.75 Å². The second-order valence-corrected chi connectivity index (χ2v) is 12.1. The third-order valence-electron chi connectivity index (χ3n) is 7.57. The standard InChI is InChI=1S/C36H36N2O6S/c1-5-8-29-31(35(42)43-6-2)32(26-15-13-25(14-16-26)22(3)4)38-33(39)30(45-36(38)37-29)20-23-11-17-28(18-12-23)44-21-24-9-7-10-27(19-24)34(40)41/h7,9-20,22,32H,5-6,8,21H2,1-4H3,(H,40,41)/b30-20-/t32-/m0/s1. The molecular weight excluding hydrogens is 588 g/mol. The van der Waals surface area contributed by atoms with Crippen LogP contribution in [0, 0.1) is 0 Å². The SMILES string of the molecule is CCCC1=C(C(=O)OCC)[C@H](c2ccc(C(C)C)cc2)n2c(s/c(=C\c3ccc(OCc4cccc(C(=O)O)c4)cc3)c2=O)=N1. The van der Waals surface area contributed by atoms with Gasteiger partial charge in [0.25, 0.3) is 5.56 Å². The van der Waals surface area contributed by atoms with E-state index in [1.54, 1.807) is 35.8 Å². The fraction of sp³-hybridized carbons (Fsp3) is 0.278. The topological polar surface area (TPSA) is 107 Å². The number of nitrogens with zero attached hydrogens (tertiary/aromatic N) is 2. The van der Waals surface area contributed by atoms with Crippen LogP contribution in [0.25, 0.3) is 6.08 Å². The zero-order chi connectivity index (χ0) is 32.1. The first-order valence-corrected chi connectivity index (χ1v) is 15.9. The Hall–Kier alpha value is -4.76. The fourth-order valence-corrected chi connectivity index (χ4v) is 6.29. The molecule has 0 saturated heterocycles. The normalized spacial score (nSPS) is 14.7. The zero-order valence-electron chi connectivity index (χ0n) is 25.8. The molecule has 232 valence electrons. The number of thiazole rings is 1. The van der Waals surface area contributed by atoms with Gasteiger partial charge in [-0.1, -0.05) is 87.1 Å². The Morgan fingerprint density at radius 1 is 1.04 bits per heavy atom. The van der Waals surface area contributed by atoms with Crippen molar-refractivity contribution in [2.45, 2.75) is 59.1 Å². The lowest BCUT2D eigenvalue weighted by atomic mass is 9.92. The van der Waals surface area contributed by atoms with Gasteiger partial charge in [0.05, 0.1) is 34.0 Å². The number of hydrogen-bond acceptors (Lipinski definition) is 7. The largest absolute Gasteiger partial charge is 0.489 e. The molecule has 1 aromatic heterocycles. The highest BCUT2D eigenvalue weighted by Gasteiger charge is 2.34. The first kappa shape index (κ1) is 31.7. The lowest BCUT2D eigenvalue weighted by Crippen LogP contribution is -2.40. The van der Waals surface area contributed by atoms with Gasteiger partial charge in [-0.05, 0) is 71.9 Å². The number of carboxylic acids is 1. The predicted octanol–water partition coefficient (Wildman–Crippen LogP) is 5.98. The third-order valence-corrected chi connectivity index (χ3v) is 8.55. The van der Waals surface area contributed by atoms with Crippen LogP contribution in [-0.2, 0) is 16.1 Å². The molecule has 0 aliphatic carbocycles. The van der Waals surface area contributed by atoms with Gasteiger partial charge in [0.2, 0.25) is 0 Å². The minimum absolute atomic E-state index is 0.207. The number of allylic oxidation sites excluding steroid dienone is 1. The summed E-state index contributed by atoms with van der Waals surface area (Å²) in [5.74, 6) is -0.484. The van der Waals surface area contributed by atoms with Crippen molar-refractivity contribution in [3.63, 3.8) is 0 Å². The molecular formula is C36H36N2O6S. The molecule has 1 N–H and O–H groups in total. The molecule has 0 radical (unpaired) electrons. The predicted molar refractivity (Wildman–Crippen MR) is 174 cm³/mol. The number of hydrogen-bond donors (Lipinski definition) is 1. The first-order chi connectivity index (χ1) is 21.7. The highest BCUT2D eigenvalue weighted by molar-refractivity contribution is 7.07. The lowest BCUT2D eigenvalue weighted by molar-refractivity contribution is -0.139. The molecule has 45 heavy (non-hydrogen) atoms. The molecule has 9 heteroatoms. The number of esters is 1. The summed E-state index contributed by atoms with van der Waals surface area (Å²) in [6.07, 6.45) is 3.19. The number of aromatic carboxylic acids is 1. The van der Waals surface area contributed by atoms with Gasteiger partial charge in [0.15, 0.2) is 4.80 Å². The van der Waals surface area contributed by atoms with E-state index in [2.05, 4.69) is 13.8 Å². The second-order valence-electron chi connectivity index (χ2n) is 11.1. The van der Waals surface area contributed by atoms with Crippen molar-refractivity contribution in [1.29, 1.82) is 0 Å². The van der Waals surface area contributed by atoms with Crippen LogP contribution in [0.15, 0.2) is 93.9 Å². The van der Waals surface area contributed by atoms with Gasteiger partial charge in [-0.3, -0.25) is 9.36 Å². The Balaban J connectivity index is 1.51. The lowest BCUT2D eigenvalue weighted by Gasteiger charge is -2.26. The molecule has 1 aliphatic heterocycles. The number of aromatic nitrogens is 1. The molecule has 2 heterocycles. The molecule has 1 atom stereocenters. The molecule has 0 unspecified atom stereocenters. The maximum absolute atomic E-state index is 14.0. The van der Waals surface area contributed by atoms with Gasteiger partial charge in [-0.2, -0.15) is 0 Å². The van der Waals surface area contributed by atoms with Crippen molar-refractivity contribution in [2.24, 2.45) is 4.99 Å². The van der Waals surface area contributed by atoms with Crippen LogP contribution in [0.1, 0.15) is 85.1 Å². The minimum atomic E-state index is -0.986. The highest BCUT2D eigenvalue weighted by Crippen LogP contribution is 2.33. The number of carbonyl (C=O) groups is 2.